The predicted octanol–water partition coefficient (Wildman–Crippen LogP) is -0.239. The van der Waals surface area contributed by atoms with Crippen LogP contribution in [0.25, 0.3) is 0 Å². The fraction of sp³-hybridized carbons (Fsp3) is 0.308. The molecule has 0 saturated heterocycles. The van der Waals surface area contributed by atoms with Gasteiger partial charge in [0, 0.05) is 0 Å². The molecule has 2 amide bonds. The van der Waals surface area contributed by atoms with Gasteiger partial charge in [0.25, 0.3) is 5.91 Å². The van der Waals surface area contributed by atoms with Gasteiger partial charge in [0.05, 0.1) is 23.4 Å². The highest BCUT2D eigenvalue weighted by atomic mass is 16.5. The molecule has 0 radical (unpaired) electrons. The van der Waals surface area contributed by atoms with Crippen LogP contribution < -0.4 is 11.1 Å². The average Bonchev–Trinajstić information content (AvgIpc) is 2.38. The first kappa shape index (κ1) is 14.5. The molecule has 0 fully saturated rings. The number of amides is 2. The van der Waals surface area contributed by atoms with Gasteiger partial charge in [0.2, 0.25) is 5.91 Å². The number of anilines is 1. The van der Waals surface area contributed by atoms with Gasteiger partial charge in [-0.05, 0) is 19.4 Å². The van der Waals surface area contributed by atoms with Gasteiger partial charge in [-0.25, -0.2) is 4.98 Å². The molecule has 2 rings (SSSR count). The van der Waals surface area contributed by atoms with Crippen LogP contribution in [0, 0.1) is 18.3 Å². The lowest BCUT2D eigenvalue weighted by Crippen LogP contribution is -2.45. The molecular formula is C13H12N4O4. The number of carbonyl (C=O) groups is 3. The van der Waals surface area contributed by atoms with Gasteiger partial charge in [-0.15, -0.1) is 0 Å². The lowest BCUT2D eigenvalue weighted by atomic mass is 9.90. The van der Waals surface area contributed by atoms with Crippen LogP contribution in [-0.2, 0) is 14.3 Å². The van der Waals surface area contributed by atoms with Crippen molar-refractivity contribution in [2.45, 2.75) is 19.8 Å². The lowest BCUT2D eigenvalue weighted by molar-refractivity contribution is -0.148. The van der Waals surface area contributed by atoms with Crippen molar-refractivity contribution in [3.8, 4) is 6.07 Å². The number of rotatable bonds is 2. The van der Waals surface area contributed by atoms with Crippen LogP contribution in [0.1, 0.15) is 40.0 Å². The number of imide groups is 1. The van der Waals surface area contributed by atoms with E-state index in [4.69, 9.17) is 15.7 Å². The van der Waals surface area contributed by atoms with Crippen LogP contribution >= 0.6 is 0 Å². The van der Waals surface area contributed by atoms with Gasteiger partial charge in [-0.3, -0.25) is 19.7 Å². The molecule has 2 heterocycles. The molecule has 3 N–H and O–H groups in total. The van der Waals surface area contributed by atoms with E-state index in [2.05, 4.69) is 10.3 Å². The molecule has 0 bridgehead atoms. The van der Waals surface area contributed by atoms with E-state index in [-0.39, 0.29) is 34.8 Å². The Morgan fingerprint density at radius 2 is 2.19 bits per heavy atom. The standard InChI is InChI=1S/C13H12N4O4/c1-3-21-13(20)8-9-7(11(18)17-12(8)19)5(2)6(4-14)10(15)16-9/h8H,3H2,1-2H3,(H2,15,16)(H,17,18,19). The zero-order chi connectivity index (χ0) is 15.7. The predicted molar refractivity (Wildman–Crippen MR) is 69.9 cm³/mol. The molecule has 0 spiro atoms. The molecule has 0 saturated carbocycles. The van der Waals surface area contributed by atoms with Gasteiger partial charge in [0.1, 0.15) is 11.9 Å². The number of nitrogen functional groups attached to an aromatic ring is 1. The maximum absolute atomic E-state index is 11.9. The lowest BCUT2D eigenvalue weighted by Gasteiger charge is -2.24. The summed E-state index contributed by atoms with van der Waals surface area (Å²) in [6.07, 6.45) is 0. The van der Waals surface area contributed by atoms with E-state index < -0.39 is 23.7 Å². The second-order valence-electron chi connectivity index (χ2n) is 4.37. The number of hydrogen-bond acceptors (Lipinski definition) is 7. The van der Waals surface area contributed by atoms with Crippen LogP contribution in [-0.4, -0.2) is 29.4 Å². The van der Waals surface area contributed by atoms with E-state index in [1.807, 2.05) is 6.07 Å². The second-order valence-corrected chi connectivity index (χ2v) is 4.37. The van der Waals surface area contributed by atoms with E-state index in [1.54, 1.807) is 6.92 Å². The van der Waals surface area contributed by atoms with Crippen LogP contribution in [0.5, 0.6) is 0 Å². The highest BCUT2D eigenvalue weighted by molar-refractivity contribution is 6.18. The van der Waals surface area contributed by atoms with E-state index in [0.29, 0.717) is 0 Å². The molecule has 1 unspecified atom stereocenters. The van der Waals surface area contributed by atoms with Gasteiger partial charge in [-0.2, -0.15) is 5.26 Å². The number of nitrogens with zero attached hydrogens (tertiary/aromatic N) is 2. The Kier molecular flexibility index (Phi) is 3.58. The molecule has 8 nitrogen and oxygen atoms in total. The monoisotopic (exact) mass is 288 g/mol. The first-order valence-electron chi connectivity index (χ1n) is 6.14. The third-order valence-electron chi connectivity index (χ3n) is 3.14. The quantitative estimate of drug-likeness (QED) is 0.435. The fourth-order valence-electron chi connectivity index (χ4n) is 2.20. The summed E-state index contributed by atoms with van der Waals surface area (Å²) in [5.41, 5.74) is 5.91. The Hall–Kier alpha value is -2.95. The van der Waals surface area contributed by atoms with Crippen LogP contribution in [0.15, 0.2) is 0 Å². The normalized spacial score (nSPS) is 16.7. The summed E-state index contributed by atoms with van der Waals surface area (Å²) in [5, 5.41) is 11.1. The van der Waals surface area contributed by atoms with Crippen molar-refractivity contribution in [1.29, 1.82) is 5.26 Å². The largest absolute Gasteiger partial charge is 0.465 e. The molecule has 108 valence electrons. The van der Waals surface area contributed by atoms with Crippen LogP contribution in [0.4, 0.5) is 5.82 Å². The Labute approximate surface area is 119 Å². The van der Waals surface area contributed by atoms with Crippen LogP contribution in [0.3, 0.4) is 0 Å². The zero-order valence-electron chi connectivity index (χ0n) is 11.4. The van der Waals surface area contributed by atoms with Crippen molar-refractivity contribution >= 4 is 23.6 Å². The maximum Gasteiger partial charge on any atom is 0.324 e. The number of esters is 1. The minimum atomic E-state index is -1.37. The summed E-state index contributed by atoms with van der Waals surface area (Å²) in [6.45, 7) is 3.18. The molecule has 0 aromatic carbocycles. The van der Waals surface area contributed by atoms with Crippen molar-refractivity contribution < 1.29 is 19.1 Å². The van der Waals surface area contributed by atoms with Crippen molar-refractivity contribution in [2.75, 3.05) is 12.3 Å². The summed E-state index contributed by atoms with van der Waals surface area (Å²) in [4.78, 5) is 39.6. The smallest absolute Gasteiger partial charge is 0.324 e. The van der Waals surface area contributed by atoms with E-state index in [0.717, 1.165) is 0 Å². The summed E-state index contributed by atoms with van der Waals surface area (Å²) in [5.74, 6) is -3.85. The first-order chi connectivity index (χ1) is 9.92. The van der Waals surface area contributed by atoms with E-state index in [9.17, 15) is 14.4 Å². The highest BCUT2D eigenvalue weighted by Gasteiger charge is 2.41. The van der Waals surface area contributed by atoms with Gasteiger partial charge >= 0.3 is 5.97 Å². The Morgan fingerprint density at radius 1 is 1.52 bits per heavy atom. The fourth-order valence-corrected chi connectivity index (χ4v) is 2.20. The molecule has 1 aromatic heterocycles. The molecule has 1 aliphatic rings. The molecule has 0 aliphatic carbocycles. The Morgan fingerprint density at radius 3 is 2.76 bits per heavy atom. The molecule has 21 heavy (non-hydrogen) atoms. The van der Waals surface area contributed by atoms with E-state index >= 15 is 0 Å². The minimum absolute atomic E-state index is 0.0124. The number of hydrogen-bond donors (Lipinski definition) is 2. The molecular weight excluding hydrogens is 276 g/mol. The van der Waals surface area contributed by atoms with Crippen molar-refractivity contribution in [1.82, 2.24) is 10.3 Å². The third kappa shape index (κ3) is 2.18. The Bertz CT molecular complexity index is 705. The molecule has 1 atom stereocenters. The van der Waals surface area contributed by atoms with Gasteiger partial charge in [0.15, 0.2) is 5.92 Å². The summed E-state index contributed by atoms with van der Waals surface area (Å²) in [6, 6.07) is 1.85. The summed E-state index contributed by atoms with van der Waals surface area (Å²) < 4.78 is 4.82. The summed E-state index contributed by atoms with van der Waals surface area (Å²) in [7, 11) is 0. The zero-order valence-corrected chi connectivity index (χ0v) is 11.4. The third-order valence-corrected chi connectivity index (χ3v) is 3.14. The van der Waals surface area contributed by atoms with Gasteiger partial charge < -0.3 is 10.5 Å². The molecule has 1 aliphatic heterocycles. The van der Waals surface area contributed by atoms with Crippen molar-refractivity contribution in [2.24, 2.45) is 0 Å². The molecule has 1 aromatic rings. The van der Waals surface area contributed by atoms with Crippen LogP contribution in [0.2, 0.25) is 0 Å². The number of pyridine rings is 1. The molecule has 8 heteroatoms. The number of carbonyl (C=O) groups excluding carboxylic acids is 3. The number of aromatic nitrogens is 1. The number of nitrogens with two attached hydrogens (primary N) is 1. The van der Waals surface area contributed by atoms with E-state index in [1.165, 1.54) is 6.92 Å². The maximum atomic E-state index is 11.9. The van der Waals surface area contributed by atoms with Gasteiger partial charge in [-0.1, -0.05) is 0 Å². The summed E-state index contributed by atoms with van der Waals surface area (Å²) >= 11 is 0. The average molecular weight is 288 g/mol. The van der Waals surface area contributed by atoms with Crippen molar-refractivity contribution in [3.63, 3.8) is 0 Å². The van der Waals surface area contributed by atoms with Crippen molar-refractivity contribution in [3.05, 3.63) is 22.4 Å². The second kappa shape index (κ2) is 5.20. The number of fused-ring (bicyclic) bond motifs is 1. The SMILES string of the molecule is CCOC(=O)C1C(=O)NC(=O)c2c1nc(N)c(C#N)c2C. The number of ether oxygens (including phenoxy) is 1. The Balaban J connectivity index is 2.71. The number of nitriles is 1. The highest BCUT2D eigenvalue weighted by Crippen LogP contribution is 2.30. The minimum Gasteiger partial charge on any atom is -0.465 e. The number of nitrogens with one attached hydrogen (secondary N) is 1. The topological polar surface area (TPSA) is 135 Å². The first-order valence-corrected chi connectivity index (χ1v) is 6.14.